The van der Waals surface area contributed by atoms with Crippen LogP contribution in [-0.4, -0.2) is 19.7 Å². The monoisotopic (exact) mass is 298 g/mol. The van der Waals surface area contributed by atoms with Gasteiger partial charge in [-0.25, -0.2) is 17.2 Å². The first kappa shape index (κ1) is 14.4. The van der Waals surface area contributed by atoms with Gasteiger partial charge in [-0.05, 0) is 29.8 Å². The number of anilines is 1. The summed E-state index contributed by atoms with van der Waals surface area (Å²) in [5.74, 6) is -1.69. The molecule has 7 heteroatoms. The first-order valence-electron chi connectivity index (χ1n) is 5.69. The van der Waals surface area contributed by atoms with E-state index in [9.17, 15) is 17.2 Å². The van der Waals surface area contributed by atoms with Crippen molar-refractivity contribution in [2.24, 2.45) is 0 Å². The number of benzene rings is 1. The van der Waals surface area contributed by atoms with Crippen molar-refractivity contribution < 1.29 is 17.2 Å². The molecule has 0 radical (unpaired) electrons. The third-order valence-corrected chi connectivity index (χ3v) is 3.78. The highest BCUT2D eigenvalue weighted by Crippen LogP contribution is 2.24. The maximum absolute atomic E-state index is 13.8. The van der Waals surface area contributed by atoms with E-state index >= 15 is 0 Å². The van der Waals surface area contributed by atoms with E-state index in [1.54, 1.807) is 12.1 Å². The van der Waals surface area contributed by atoms with Crippen LogP contribution in [0.2, 0.25) is 0 Å². The molecule has 0 saturated carbocycles. The van der Waals surface area contributed by atoms with Gasteiger partial charge in [0.05, 0.1) is 18.5 Å². The Morgan fingerprint density at radius 2 is 1.80 bits per heavy atom. The fourth-order valence-electron chi connectivity index (χ4n) is 1.72. The minimum Gasteiger partial charge on any atom is -0.265 e. The van der Waals surface area contributed by atoms with Gasteiger partial charge in [-0.1, -0.05) is 0 Å². The van der Waals surface area contributed by atoms with Crippen LogP contribution in [-0.2, 0) is 16.6 Å². The van der Waals surface area contributed by atoms with Crippen LogP contribution in [0, 0.1) is 11.6 Å². The molecule has 1 aromatic heterocycles. The second-order valence-corrected chi connectivity index (χ2v) is 6.13. The zero-order valence-corrected chi connectivity index (χ0v) is 11.4. The molecule has 0 N–H and O–H groups in total. The normalized spacial score (nSPS) is 11.3. The standard InChI is InChI=1S/C13H12F2N2O2S/c1-20(18,19)17(9-10-4-6-16-7-5-10)13-3-2-11(14)8-12(13)15/h2-8H,9H2,1H3. The van der Waals surface area contributed by atoms with Crippen molar-refractivity contribution in [1.29, 1.82) is 0 Å². The number of nitrogens with zero attached hydrogens (tertiary/aromatic N) is 2. The summed E-state index contributed by atoms with van der Waals surface area (Å²) < 4.78 is 51.2. The van der Waals surface area contributed by atoms with Gasteiger partial charge >= 0.3 is 0 Å². The van der Waals surface area contributed by atoms with Gasteiger partial charge in [0.25, 0.3) is 0 Å². The van der Waals surface area contributed by atoms with Crippen molar-refractivity contribution in [3.63, 3.8) is 0 Å². The zero-order valence-electron chi connectivity index (χ0n) is 10.6. The number of sulfonamides is 1. The van der Waals surface area contributed by atoms with Gasteiger partial charge in [-0.2, -0.15) is 0 Å². The van der Waals surface area contributed by atoms with Crippen molar-refractivity contribution in [2.75, 3.05) is 10.6 Å². The maximum atomic E-state index is 13.8. The number of hydrogen-bond acceptors (Lipinski definition) is 3. The Balaban J connectivity index is 2.44. The largest absolute Gasteiger partial charge is 0.265 e. The molecular weight excluding hydrogens is 286 g/mol. The van der Waals surface area contributed by atoms with Gasteiger partial charge in [-0.15, -0.1) is 0 Å². The summed E-state index contributed by atoms with van der Waals surface area (Å²) in [6, 6.07) is 6.02. The lowest BCUT2D eigenvalue weighted by Crippen LogP contribution is -2.30. The molecular formula is C13H12F2N2O2S. The summed E-state index contributed by atoms with van der Waals surface area (Å²) in [5, 5.41) is 0. The van der Waals surface area contributed by atoms with Crippen molar-refractivity contribution in [3.8, 4) is 0 Å². The highest BCUT2D eigenvalue weighted by atomic mass is 32.2. The summed E-state index contributed by atoms with van der Waals surface area (Å²) in [7, 11) is -3.70. The molecule has 0 saturated heterocycles. The van der Waals surface area contributed by atoms with E-state index in [0.717, 1.165) is 22.7 Å². The van der Waals surface area contributed by atoms with Gasteiger partial charge in [0.2, 0.25) is 10.0 Å². The molecule has 0 spiro atoms. The van der Waals surface area contributed by atoms with Gasteiger partial charge < -0.3 is 0 Å². The number of aromatic nitrogens is 1. The number of pyridine rings is 1. The predicted molar refractivity (Wildman–Crippen MR) is 71.6 cm³/mol. The second-order valence-electron chi connectivity index (χ2n) is 4.22. The quantitative estimate of drug-likeness (QED) is 0.870. The number of rotatable bonds is 4. The Morgan fingerprint density at radius 1 is 1.15 bits per heavy atom. The lowest BCUT2D eigenvalue weighted by molar-refractivity contribution is 0.575. The zero-order chi connectivity index (χ0) is 14.8. The summed E-state index contributed by atoms with van der Waals surface area (Å²) in [6.45, 7) is -0.0517. The third-order valence-electron chi connectivity index (χ3n) is 2.65. The molecule has 2 aromatic rings. The molecule has 0 fully saturated rings. The van der Waals surface area contributed by atoms with Crippen LogP contribution in [0.5, 0.6) is 0 Å². The molecule has 20 heavy (non-hydrogen) atoms. The highest BCUT2D eigenvalue weighted by molar-refractivity contribution is 7.92. The summed E-state index contributed by atoms with van der Waals surface area (Å²) in [6.07, 6.45) is 3.99. The topological polar surface area (TPSA) is 50.3 Å². The van der Waals surface area contributed by atoms with Crippen LogP contribution in [0.4, 0.5) is 14.5 Å². The fraction of sp³-hybridized carbons (Fsp3) is 0.154. The minimum atomic E-state index is -3.70. The average Bonchev–Trinajstić information content (AvgIpc) is 2.37. The Bertz CT molecular complexity index is 706. The Morgan fingerprint density at radius 3 is 2.35 bits per heavy atom. The number of hydrogen-bond donors (Lipinski definition) is 0. The molecule has 2 rings (SSSR count). The fourth-order valence-corrected chi connectivity index (χ4v) is 2.61. The SMILES string of the molecule is CS(=O)(=O)N(Cc1ccncc1)c1ccc(F)cc1F. The van der Waals surface area contributed by atoms with E-state index in [4.69, 9.17) is 0 Å². The van der Waals surface area contributed by atoms with Crippen molar-refractivity contribution in [1.82, 2.24) is 4.98 Å². The smallest absolute Gasteiger partial charge is 0.232 e. The number of halogens is 2. The van der Waals surface area contributed by atoms with Crippen molar-refractivity contribution in [3.05, 3.63) is 59.9 Å². The lowest BCUT2D eigenvalue weighted by atomic mass is 10.2. The molecule has 0 amide bonds. The van der Waals surface area contributed by atoms with Crippen LogP contribution >= 0.6 is 0 Å². The average molecular weight is 298 g/mol. The molecule has 0 aliphatic heterocycles. The molecule has 1 heterocycles. The summed E-state index contributed by atoms with van der Waals surface area (Å²) in [5.41, 5.74) is 0.458. The van der Waals surface area contributed by atoms with E-state index in [1.165, 1.54) is 12.4 Å². The van der Waals surface area contributed by atoms with Crippen LogP contribution in [0.3, 0.4) is 0 Å². The van der Waals surface area contributed by atoms with Gasteiger partial charge in [0, 0.05) is 18.5 Å². The molecule has 0 unspecified atom stereocenters. The highest BCUT2D eigenvalue weighted by Gasteiger charge is 2.21. The molecule has 1 aromatic carbocycles. The first-order chi connectivity index (χ1) is 9.38. The Hall–Kier alpha value is -2.02. The summed E-state index contributed by atoms with van der Waals surface area (Å²) in [4.78, 5) is 3.83. The molecule has 4 nitrogen and oxygen atoms in total. The molecule has 0 aliphatic rings. The minimum absolute atomic E-state index is 0.0517. The van der Waals surface area contributed by atoms with Crippen molar-refractivity contribution in [2.45, 2.75) is 6.54 Å². The Labute approximate surface area is 115 Å². The van der Waals surface area contributed by atoms with Gasteiger partial charge in [0.1, 0.15) is 11.6 Å². The summed E-state index contributed by atoms with van der Waals surface area (Å²) >= 11 is 0. The van der Waals surface area contributed by atoms with Crippen LogP contribution in [0.15, 0.2) is 42.7 Å². The van der Waals surface area contributed by atoms with Gasteiger partial charge in [0.15, 0.2) is 0 Å². The van der Waals surface area contributed by atoms with Crippen LogP contribution in [0.1, 0.15) is 5.56 Å². The van der Waals surface area contributed by atoms with E-state index in [-0.39, 0.29) is 12.2 Å². The van der Waals surface area contributed by atoms with E-state index in [1.807, 2.05) is 0 Å². The lowest BCUT2D eigenvalue weighted by Gasteiger charge is -2.22. The van der Waals surface area contributed by atoms with Crippen LogP contribution < -0.4 is 4.31 Å². The third kappa shape index (κ3) is 3.30. The van der Waals surface area contributed by atoms with E-state index < -0.39 is 21.7 Å². The van der Waals surface area contributed by atoms with E-state index in [0.29, 0.717) is 11.6 Å². The maximum Gasteiger partial charge on any atom is 0.232 e. The predicted octanol–water partition coefficient (Wildman–Crippen LogP) is 2.33. The van der Waals surface area contributed by atoms with Gasteiger partial charge in [-0.3, -0.25) is 9.29 Å². The van der Waals surface area contributed by atoms with E-state index in [2.05, 4.69) is 4.98 Å². The van der Waals surface area contributed by atoms with Crippen molar-refractivity contribution >= 4 is 15.7 Å². The molecule has 0 aliphatic carbocycles. The molecule has 0 atom stereocenters. The molecule has 0 bridgehead atoms. The van der Waals surface area contributed by atoms with Crippen LogP contribution in [0.25, 0.3) is 0 Å². The Kier molecular flexibility index (Phi) is 3.99. The molecule has 106 valence electrons. The second kappa shape index (κ2) is 5.54. The first-order valence-corrected chi connectivity index (χ1v) is 7.54.